The first-order valence-electron chi connectivity index (χ1n) is 5.80. The molecule has 17 heavy (non-hydrogen) atoms. The Morgan fingerprint density at radius 3 is 3.00 bits per heavy atom. The van der Waals surface area contributed by atoms with Crippen LogP contribution in [0.1, 0.15) is 24.4 Å². The smallest absolute Gasteiger partial charge is 0.207 e. The van der Waals surface area contributed by atoms with E-state index in [0.717, 1.165) is 22.2 Å². The van der Waals surface area contributed by atoms with Gasteiger partial charge in [-0.3, -0.25) is 0 Å². The van der Waals surface area contributed by atoms with Gasteiger partial charge in [0.2, 0.25) is 5.95 Å². The molecule has 0 unspecified atom stereocenters. The number of aryl methyl sites for hydroxylation is 1. The zero-order valence-corrected chi connectivity index (χ0v) is 10.4. The Morgan fingerprint density at radius 1 is 1.41 bits per heavy atom. The molecular formula is C13H14ClN3. The van der Waals surface area contributed by atoms with Gasteiger partial charge in [0.05, 0.1) is 10.7 Å². The molecule has 1 N–H and O–H groups in total. The number of hydrogen-bond acceptors (Lipinski definition) is 2. The Labute approximate surface area is 105 Å². The molecule has 1 aliphatic carbocycles. The second-order valence-corrected chi connectivity index (χ2v) is 4.83. The summed E-state index contributed by atoms with van der Waals surface area (Å²) in [5.74, 6) is 0.875. The van der Waals surface area contributed by atoms with Crippen molar-refractivity contribution < 1.29 is 0 Å². The third kappa shape index (κ3) is 2.03. The summed E-state index contributed by atoms with van der Waals surface area (Å²) < 4.78 is 2.18. The molecule has 1 saturated carbocycles. The number of imidazole rings is 1. The molecule has 0 spiro atoms. The second kappa shape index (κ2) is 4.08. The predicted molar refractivity (Wildman–Crippen MR) is 70.0 cm³/mol. The van der Waals surface area contributed by atoms with Gasteiger partial charge in [-0.05, 0) is 31.4 Å². The van der Waals surface area contributed by atoms with Crippen molar-refractivity contribution in [2.24, 2.45) is 0 Å². The maximum Gasteiger partial charge on any atom is 0.207 e. The number of benzene rings is 1. The predicted octanol–water partition coefficient (Wildman–Crippen LogP) is 3.92. The van der Waals surface area contributed by atoms with Crippen molar-refractivity contribution in [3.63, 3.8) is 0 Å². The molecule has 0 radical (unpaired) electrons. The second-order valence-electron chi connectivity index (χ2n) is 4.45. The third-order valence-corrected chi connectivity index (χ3v) is 3.55. The van der Waals surface area contributed by atoms with Crippen molar-refractivity contribution >= 4 is 23.2 Å². The quantitative estimate of drug-likeness (QED) is 0.891. The number of hydrogen-bond donors (Lipinski definition) is 1. The van der Waals surface area contributed by atoms with Gasteiger partial charge in [-0.15, -0.1) is 0 Å². The summed E-state index contributed by atoms with van der Waals surface area (Å²) in [7, 11) is 0. The van der Waals surface area contributed by atoms with Gasteiger partial charge in [-0.2, -0.15) is 0 Å². The Hall–Kier alpha value is -1.48. The molecule has 4 heteroatoms. The largest absolute Gasteiger partial charge is 0.324 e. The van der Waals surface area contributed by atoms with E-state index in [2.05, 4.69) is 14.9 Å². The molecule has 1 aliphatic rings. The summed E-state index contributed by atoms with van der Waals surface area (Å²) in [6.07, 6.45) is 6.33. The van der Waals surface area contributed by atoms with Crippen molar-refractivity contribution in [2.75, 3.05) is 5.32 Å². The Kier molecular flexibility index (Phi) is 2.56. The number of aromatic nitrogens is 2. The van der Waals surface area contributed by atoms with E-state index in [1.165, 1.54) is 12.8 Å². The molecule has 0 saturated heterocycles. The van der Waals surface area contributed by atoms with Gasteiger partial charge in [0.15, 0.2) is 0 Å². The molecule has 0 aliphatic heterocycles. The molecule has 1 fully saturated rings. The van der Waals surface area contributed by atoms with Crippen molar-refractivity contribution in [3.8, 4) is 0 Å². The van der Waals surface area contributed by atoms with Crippen LogP contribution in [0.4, 0.5) is 11.6 Å². The minimum atomic E-state index is 0.614. The monoisotopic (exact) mass is 247 g/mol. The molecule has 1 heterocycles. The Morgan fingerprint density at radius 2 is 2.24 bits per heavy atom. The molecule has 0 amide bonds. The van der Waals surface area contributed by atoms with E-state index in [1.54, 1.807) is 0 Å². The minimum absolute atomic E-state index is 0.614. The highest BCUT2D eigenvalue weighted by Gasteiger charge is 2.25. The number of rotatable bonds is 3. The molecule has 3 rings (SSSR count). The lowest BCUT2D eigenvalue weighted by atomic mass is 10.2. The third-order valence-electron chi connectivity index (χ3n) is 3.05. The van der Waals surface area contributed by atoms with Crippen LogP contribution >= 0.6 is 11.6 Å². The van der Waals surface area contributed by atoms with Crippen LogP contribution in [0.5, 0.6) is 0 Å². The SMILES string of the molecule is Cc1cccc(Nc2nccn2C2CC2)c1Cl. The van der Waals surface area contributed by atoms with Crippen LogP contribution in [-0.4, -0.2) is 9.55 Å². The lowest BCUT2D eigenvalue weighted by molar-refractivity contribution is 0.751. The van der Waals surface area contributed by atoms with E-state index in [-0.39, 0.29) is 0 Å². The van der Waals surface area contributed by atoms with Crippen LogP contribution in [0.15, 0.2) is 30.6 Å². The summed E-state index contributed by atoms with van der Waals surface area (Å²) in [4.78, 5) is 4.34. The summed E-state index contributed by atoms with van der Waals surface area (Å²) in [6.45, 7) is 2.00. The average Bonchev–Trinajstić information content (AvgIpc) is 3.06. The molecule has 2 aromatic rings. The lowest BCUT2D eigenvalue weighted by Crippen LogP contribution is -2.01. The van der Waals surface area contributed by atoms with Gasteiger partial charge in [-0.25, -0.2) is 4.98 Å². The van der Waals surface area contributed by atoms with Crippen LogP contribution in [0.25, 0.3) is 0 Å². The van der Waals surface area contributed by atoms with Gasteiger partial charge < -0.3 is 9.88 Å². The van der Waals surface area contributed by atoms with Crippen molar-refractivity contribution in [3.05, 3.63) is 41.2 Å². The van der Waals surface area contributed by atoms with E-state index in [0.29, 0.717) is 6.04 Å². The van der Waals surface area contributed by atoms with Crippen LogP contribution < -0.4 is 5.32 Å². The molecule has 3 nitrogen and oxygen atoms in total. The van der Waals surface area contributed by atoms with Gasteiger partial charge in [0.1, 0.15) is 0 Å². The van der Waals surface area contributed by atoms with Crippen LogP contribution in [0, 0.1) is 6.92 Å². The van der Waals surface area contributed by atoms with E-state index in [1.807, 2.05) is 37.5 Å². The van der Waals surface area contributed by atoms with E-state index >= 15 is 0 Å². The van der Waals surface area contributed by atoms with E-state index < -0.39 is 0 Å². The average molecular weight is 248 g/mol. The zero-order valence-electron chi connectivity index (χ0n) is 9.65. The highest BCUT2D eigenvalue weighted by Crippen LogP contribution is 2.38. The molecule has 0 atom stereocenters. The van der Waals surface area contributed by atoms with E-state index in [9.17, 15) is 0 Å². The first-order valence-corrected chi connectivity index (χ1v) is 6.18. The number of halogens is 1. The highest BCUT2D eigenvalue weighted by molar-refractivity contribution is 6.34. The van der Waals surface area contributed by atoms with Crippen LogP contribution in [0.2, 0.25) is 5.02 Å². The highest BCUT2D eigenvalue weighted by atomic mass is 35.5. The van der Waals surface area contributed by atoms with Crippen molar-refractivity contribution in [1.82, 2.24) is 9.55 Å². The first-order chi connectivity index (χ1) is 8.25. The standard InChI is InChI=1S/C13H14ClN3/c1-9-3-2-4-11(12(9)14)16-13-15-7-8-17(13)10-5-6-10/h2-4,7-8,10H,5-6H2,1H3,(H,15,16). The molecule has 88 valence electrons. The van der Waals surface area contributed by atoms with Crippen molar-refractivity contribution in [1.29, 1.82) is 0 Å². The van der Waals surface area contributed by atoms with Gasteiger partial charge in [0, 0.05) is 18.4 Å². The maximum absolute atomic E-state index is 6.26. The fourth-order valence-corrected chi connectivity index (χ4v) is 2.09. The zero-order chi connectivity index (χ0) is 11.8. The lowest BCUT2D eigenvalue weighted by Gasteiger charge is -2.11. The fourth-order valence-electron chi connectivity index (χ4n) is 1.92. The summed E-state index contributed by atoms with van der Waals surface area (Å²) in [5.41, 5.74) is 1.99. The molecule has 1 aromatic carbocycles. The maximum atomic E-state index is 6.26. The Bertz CT molecular complexity index is 543. The van der Waals surface area contributed by atoms with Gasteiger partial charge >= 0.3 is 0 Å². The summed E-state index contributed by atoms with van der Waals surface area (Å²) in [6, 6.07) is 6.58. The van der Waals surface area contributed by atoms with Crippen molar-refractivity contribution in [2.45, 2.75) is 25.8 Å². The summed E-state index contributed by atoms with van der Waals surface area (Å²) >= 11 is 6.26. The van der Waals surface area contributed by atoms with E-state index in [4.69, 9.17) is 11.6 Å². The van der Waals surface area contributed by atoms with Crippen LogP contribution in [-0.2, 0) is 0 Å². The topological polar surface area (TPSA) is 29.9 Å². The number of nitrogens with zero attached hydrogens (tertiary/aromatic N) is 2. The molecule has 1 aromatic heterocycles. The first kappa shape index (κ1) is 10.7. The fraction of sp³-hybridized carbons (Fsp3) is 0.308. The molecular weight excluding hydrogens is 234 g/mol. The molecule has 0 bridgehead atoms. The van der Waals surface area contributed by atoms with Gasteiger partial charge in [-0.1, -0.05) is 23.7 Å². The normalized spacial score (nSPS) is 14.9. The Balaban J connectivity index is 1.91. The van der Waals surface area contributed by atoms with Gasteiger partial charge in [0.25, 0.3) is 0 Å². The summed E-state index contributed by atoms with van der Waals surface area (Å²) in [5, 5.41) is 4.06. The van der Waals surface area contributed by atoms with Crippen LogP contribution in [0.3, 0.4) is 0 Å². The number of nitrogens with one attached hydrogen (secondary N) is 1. The minimum Gasteiger partial charge on any atom is -0.324 e. The number of anilines is 2.